The van der Waals surface area contributed by atoms with Gasteiger partial charge < -0.3 is 19.9 Å². The number of aryl methyl sites for hydroxylation is 2. The van der Waals surface area contributed by atoms with Gasteiger partial charge in [-0.1, -0.05) is 12.1 Å². The average Bonchev–Trinajstić information content (AvgIpc) is 3.10. The molecule has 2 N–H and O–H groups in total. The fraction of sp³-hybridized carbons (Fsp3) is 0.450. The number of halogens is 1. The lowest BCUT2D eigenvalue weighted by molar-refractivity contribution is -0.116. The summed E-state index contributed by atoms with van der Waals surface area (Å²) < 4.78 is 24.5. The summed E-state index contributed by atoms with van der Waals surface area (Å²) in [6.45, 7) is 6.99. The van der Waals surface area contributed by atoms with Crippen LogP contribution in [0.25, 0.3) is 0 Å². The van der Waals surface area contributed by atoms with E-state index in [0.29, 0.717) is 48.9 Å². The summed E-state index contributed by atoms with van der Waals surface area (Å²) in [4.78, 5) is 26.9. The minimum atomic E-state index is -0.571. The van der Waals surface area contributed by atoms with E-state index in [1.165, 1.54) is 18.2 Å². The Morgan fingerprint density at radius 1 is 1.24 bits per heavy atom. The second-order valence-corrected chi connectivity index (χ2v) is 6.81. The molecule has 2 heterocycles. The van der Waals surface area contributed by atoms with E-state index in [-0.39, 0.29) is 18.0 Å². The Balaban J connectivity index is 1.62. The standard InChI is InChI=1S/C20H25FN4O4/c1-3-16-19(13(2)29-24-16)20(27)22-14-4-5-15(21)17(12-14)23-18(26)6-7-25-8-10-28-11-9-25/h4-5,12H,3,6-11H2,1-2H3,(H,22,27)(H,23,26). The van der Waals surface area contributed by atoms with Gasteiger partial charge in [-0.15, -0.1) is 0 Å². The fourth-order valence-electron chi connectivity index (χ4n) is 3.14. The third kappa shape index (κ3) is 5.39. The summed E-state index contributed by atoms with van der Waals surface area (Å²) in [6, 6.07) is 4.04. The van der Waals surface area contributed by atoms with Crippen LogP contribution in [0.15, 0.2) is 22.7 Å². The number of carbonyl (C=O) groups excluding carboxylic acids is 2. The molecule has 1 aliphatic heterocycles. The predicted octanol–water partition coefficient (Wildman–Crippen LogP) is 2.60. The van der Waals surface area contributed by atoms with E-state index in [4.69, 9.17) is 9.26 Å². The van der Waals surface area contributed by atoms with Crippen molar-refractivity contribution in [1.82, 2.24) is 10.1 Å². The van der Waals surface area contributed by atoms with E-state index in [9.17, 15) is 14.0 Å². The first kappa shape index (κ1) is 20.9. The molecule has 29 heavy (non-hydrogen) atoms. The van der Waals surface area contributed by atoms with Gasteiger partial charge >= 0.3 is 0 Å². The number of rotatable bonds is 7. The Morgan fingerprint density at radius 3 is 2.72 bits per heavy atom. The average molecular weight is 404 g/mol. The van der Waals surface area contributed by atoms with Crippen LogP contribution >= 0.6 is 0 Å². The maximum absolute atomic E-state index is 14.1. The lowest BCUT2D eigenvalue weighted by atomic mass is 10.1. The molecule has 0 saturated carbocycles. The molecule has 1 aromatic heterocycles. The second kappa shape index (κ2) is 9.62. The Morgan fingerprint density at radius 2 is 2.00 bits per heavy atom. The molecule has 2 aromatic rings. The molecule has 0 radical (unpaired) electrons. The van der Waals surface area contributed by atoms with Gasteiger partial charge in [0.05, 0.1) is 24.6 Å². The van der Waals surface area contributed by atoms with Gasteiger partial charge in [-0.05, 0) is 31.5 Å². The summed E-state index contributed by atoms with van der Waals surface area (Å²) in [5.74, 6) is -0.838. The van der Waals surface area contributed by atoms with Crippen LogP contribution in [0.1, 0.15) is 35.2 Å². The molecule has 0 spiro atoms. The molecular weight excluding hydrogens is 379 g/mol. The highest BCUT2D eigenvalue weighted by molar-refractivity contribution is 6.06. The smallest absolute Gasteiger partial charge is 0.261 e. The van der Waals surface area contributed by atoms with Crippen molar-refractivity contribution >= 4 is 23.2 Å². The summed E-state index contributed by atoms with van der Waals surface area (Å²) in [7, 11) is 0. The van der Waals surface area contributed by atoms with Crippen molar-refractivity contribution in [1.29, 1.82) is 0 Å². The molecule has 0 atom stereocenters. The van der Waals surface area contributed by atoms with E-state index in [1.54, 1.807) is 6.92 Å². The quantitative estimate of drug-likeness (QED) is 0.736. The van der Waals surface area contributed by atoms with Gasteiger partial charge in [0.2, 0.25) is 5.91 Å². The summed E-state index contributed by atoms with van der Waals surface area (Å²) in [5, 5.41) is 9.15. The van der Waals surface area contributed by atoms with Crippen LogP contribution in [-0.4, -0.2) is 54.7 Å². The molecule has 1 fully saturated rings. The Kier molecular flexibility index (Phi) is 6.95. The van der Waals surface area contributed by atoms with Crippen LogP contribution in [0.2, 0.25) is 0 Å². The van der Waals surface area contributed by atoms with Gasteiger partial charge in [-0.3, -0.25) is 14.5 Å². The van der Waals surface area contributed by atoms with E-state index in [2.05, 4.69) is 20.7 Å². The molecule has 0 bridgehead atoms. The maximum Gasteiger partial charge on any atom is 0.261 e. The predicted molar refractivity (Wildman–Crippen MR) is 105 cm³/mol. The van der Waals surface area contributed by atoms with Gasteiger partial charge in [0.15, 0.2) is 0 Å². The monoisotopic (exact) mass is 404 g/mol. The highest BCUT2D eigenvalue weighted by Gasteiger charge is 2.20. The van der Waals surface area contributed by atoms with Gasteiger partial charge in [-0.2, -0.15) is 0 Å². The number of carbonyl (C=O) groups is 2. The third-order valence-electron chi connectivity index (χ3n) is 4.75. The largest absolute Gasteiger partial charge is 0.379 e. The third-order valence-corrected chi connectivity index (χ3v) is 4.75. The van der Waals surface area contributed by atoms with Crippen LogP contribution in [0.3, 0.4) is 0 Å². The van der Waals surface area contributed by atoms with Crippen LogP contribution < -0.4 is 10.6 Å². The number of aromatic nitrogens is 1. The minimum Gasteiger partial charge on any atom is -0.379 e. The lowest BCUT2D eigenvalue weighted by Gasteiger charge is -2.26. The minimum absolute atomic E-state index is 0.0209. The van der Waals surface area contributed by atoms with Crippen molar-refractivity contribution in [3.05, 3.63) is 41.0 Å². The molecule has 0 aliphatic carbocycles. The molecule has 2 amide bonds. The van der Waals surface area contributed by atoms with E-state index in [1.807, 2.05) is 6.92 Å². The number of hydrogen-bond donors (Lipinski definition) is 2. The molecule has 3 rings (SSSR count). The molecule has 1 saturated heterocycles. The van der Waals surface area contributed by atoms with Crippen LogP contribution in [-0.2, 0) is 16.0 Å². The first-order valence-electron chi connectivity index (χ1n) is 9.64. The number of morpholine rings is 1. The zero-order valence-corrected chi connectivity index (χ0v) is 16.6. The maximum atomic E-state index is 14.1. The van der Waals surface area contributed by atoms with Crippen molar-refractivity contribution in [3.8, 4) is 0 Å². The molecule has 1 aromatic carbocycles. The molecule has 8 nitrogen and oxygen atoms in total. The number of ether oxygens (including phenoxy) is 1. The first-order valence-corrected chi connectivity index (χ1v) is 9.64. The zero-order chi connectivity index (χ0) is 20.8. The van der Waals surface area contributed by atoms with Crippen molar-refractivity contribution in [3.63, 3.8) is 0 Å². The Labute approximate surface area is 168 Å². The molecule has 9 heteroatoms. The van der Waals surface area contributed by atoms with Gasteiger partial charge in [0.1, 0.15) is 17.1 Å². The Bertz CT molecular complexity index is 877. The van der Waals surface area contributed by atoms with Gasteiger partial charge in [0, 0.05) is 31.7 Å². The van der Waals surface area contributed by atoms with Crippen molar-refractivity contribution in [2.24, 2.45) is 0 Å². The lowest BCUT2D eigenvalue weighted by Crippen LogP contribution is -2.38. The van der Waals surface area contributed by atoms with E-state index >= 15 is 0 Å². The summed E-state index contributed by atoms with van der Waals surface area (Å²) in [5.41, 5.74) is 1.31. The van der Waals surface area contributed by atoms with Crippen molar-refractivity contribution in [2.45, 2.75) is 26.7 Å². The number of nitrogens with zero attached hydrogens (tertiary/aromatic N) is 2. The number of amides is 2. The molecule has 156 valence electrons. The number of hydrogen-bond acceptors (Lipinski definition) is 6. The Hall–Kier alpha value is -2.78. The van der Waals surface area contributed by atoms with E-state index < -0.39 is 11.7 Å². The zero-order valence-electron chi connectivity index (χ0n) is 16.6. The van der Waals surface area contributed by atoms with Crippen molar-refractivity contribution in [2.75, 3.05) is 43.5 Å². The normalized spacial score (nSPS) is 14.6. The molecule has 1 aliphatic rings. The van der Waals surface area contributed by atoms with Gasteiger partial charge in [-0.25, -0.2) is 4.39 Å². The van der Waals surface area contributed by atoms with Crippen LogP contribution in [0.5, 0.6) is 0 Å². The van der Waals surface area contributed by atoms with Crippen molar-refractivity contribution < 1.29 is 23.2 Å². The summed E-state index contributed by atoms with van der Waals surface area (Å²) >= 11 is 0. The summed E-state index contributed by atoms with van der Waals surface area (Å²) in [6.07, 6.45) is 0.795. The van der Waals surface area contributed by atoms with E-state index in [0.717, 1.165) is 13.1 Å². The molecular formula is C20H25FN4O4. The van der Waals surface area contributed by atoms with Gasteiger partial charge in [0.25, 0.3) is 5.91 Å². The van der Waals surface area contributed by atoms with Crippen LogP contribution in [0.4, 0.5) is 15.8 Å². The number of nitrogens with one attached hydrogen (secondary N) is 2. The topological polar surface area (TPSA) is 96.7 Å². The highest BCUT2D eigenvalue weighted by Crippen LogP contribution is 2.22. The molecule has 0 unspecified atom stereocenters. The second-order valence-electron chi connectivity index (χ2n) is 6.81. The highest BCUT2D eigenvalue weighted by atomic mass is 19.1. The first-order chi connectivity index (χ1) is 14.0. The fourth-order valence-corrected chi connectivity index (χ4v) is 3.14. The van der Waals surface area contributed by atoms with Crippen LogP contribution in [0, 0.1) is 12.7 Å². The SMILES string of the molecule is CCc1noc(C)c1C(=O)Nc1ccc(F)c(NC(=O)CCN2CCOCC2)c1. The number of benzene rings is 1. The number of anilines is 2.